The predicted molar refractivity (Wildman–Crippen MR) is 130 cm³/mol. The Morgan fingerprint density at radius 3 is 2.00 bits per heavy atom. The van der Waals surface area contributed by atoms with E-state index in [1.807, 2.05) is 0 Å². The lowest BCUT2D eigenvalue weighted by Crippen LogP contribution is -2.49. The molecule has 0 amide bonds. The van der Waals surface area contributed by atoms with Crippen molar-refractivity contribution in [2.24, 2.45) is 0 Å². The minimum absolute atomic E-state index is 0.411. The lowest BCUT2D eigenvalue weighted by molar-refractivity contribution is 0.169. The van der Waals surface area contributed by atoms with Crippen molar-refractivity contribution >= 4 is 52.8 Å². The number of hydrogen-bond donors (Lipinski definition) is 1. The summed E-state index contributed by atoms with van der Waals surface area (Å²) in [7, 11) is 0. The summed E-state index contributed by atoms with van der Waals surface area (Å²) >= 11 is 21.0. The monoisotopic (exact) mass is 505 g/mol. The molecule has 31 heavy (non-hydrogen) atoms. The van der Waals surface area contributed by atoms with Gasteiger partial charge in [-0.15, -0.1) is 0 Å². The van der Waals surface area contributed by atoms with Gasteiger partial charge in [-0.25, -0.2) is 0 Å². The summed E-state index contributed by atoms with van der Waals surface area (Å²) in [5.74, 6) is 1.42. The van der Waals surface area contributed by atoms with E-state index in [9.17, 15) is 0 Å². The Kier molecular flexibility index (Phi) is 11.2. The van der Waals surface area contributed by atoms with Gasteiger partial charge in [-0.2, -0.15) is 3.84 Å². The lowest BCUT2D eigenvalue weighted by atomic mass is 10.1. The molecule has 1 fully saturated rings. The van der Waals surface area contributed by atoms with Crippen molar-refractivity contribution in [3.8, 4) is 5.75 Å². The summed E-state index contributed by atoms with van der Waals surface area (Å²) in [6, 6.07) is 11.6. The molecule has 0 aromatic heterocycles. The summed E-state index contributed by atoms with van der Waals surface area (Å²) in [6.07, 6.45) is 0.988. The van der Waals surface area contributed by atoms with Crippen molar-refractivity contribution in [1.82, 2.24) is 9.80 Å². The Balaban J connectivity index is 0.00000107. The first-order valence-electron chi connectivity index (χ1n) is 9.97. The van der Waals surface area contributed by atoms with E-state index in [4.69, 9.17) is 33.3 Å². The van der Waals surface area contributed by atoms with Crippen molar-refractivity contribution in [3.63, 3.8) is 0 Å². The van der Waals surface area contributed by atoms with Crippen LogP contribution >= 0.6 is 46.9 Å². The van der Waals surface area contributed by atoms with Crippen molar-refractivity contribution in [2.45, 2.75) is 20.3 Å². The number of nitrogens with zero attached hydrogens (tertiary/aromatic N) is 2. The normalized spacial score (nSPS) is 14.1. The molecular weight excluding hydrogens is 480 g/mol. The van der Waals surface area contributed by atoms with Crippen LogP contribution in [0.1, 0.15) is 23.1 Å². The lowest BCUT2D eigenvalue weighted by Gasteiger charge is -2.36. The Bertz CT molecular complexity index is 818. The number of amidine groups is 1. The van der Waals surface area contributed by atoms with Crippen LogP contribution in [0.25, 0.3) is 0 Å². The highest BCUT2D eigenvalue weighted by molar-refractivity contribution is 6.39. The molecule has 170 valence electrons. The van der Waals surface area contributed by atoms with E-state index < -0.39 is 0 Å². The van der Waals surface area contributed by atoms with Crippen molar-refractivity contribution in [2.75, 3.05) is 39.3 Å². The van der Waals surface area contributed by atoms with Crippen LogP contribution in [-0.4, -0.2) is 55.0 Å². The van der Waals surface area contributed by atoms with Gasteiger partial charge in [0.2, 0.25) is 0 Å². The van der Waals surface area contributed by atoms with Crippen LogP contribution in [-0.2, 0) is 3.84 Å². The van der Waals surface area contributed by atoms with Gasteiger partial charge in [-0.05, 0) is 43.5 Å². The van der Waals surface area contributed by atoms with Crippen LogP contribution in [0, 0.1) is 19.3 Å². The average Bonchev–Trinajstić information content (AvgIpc) is 2.73. The summed E-state index contributed by atoms with van der Waals surface area (Å²) in [4.78, 5) is 4.48. The first-order valence-corrected chi connectivity index (χ1v) is 11.3. The molecule has 1 saturated heterocycles. The number of ether oxygens (including phenoxy) is 1. The Hall–Kier alpha value is -1.21. The molecule has 1 aliphatic heterocycles. The molecule has 2 aromatic carbocycles. The first kappa shape index (κ1) is 26.0. The van der Waals surface area contributed by atoms with Crippen molar-refractivity contribution < 1.29 is 8.58 Å². The molecule has 0 aliphatic carbocycles. The predicted octanol–water partition coefficient (Wildman–Crippen LogP) is 6.33. The molecule has 0 spiro atoms. The van der Waals surface area contributed by atoms with Gasteiger partial charge in [-0.3, -0.25) is 10.3 Å². The molecule has 2 aromatic rings. The van der Waals surface area contributed by atoms with Gasteiger partial charge in [0.1, 0.15) is 11.6 Å². The fourth-order valence-electron chi connectivity index (χ4n) is 3.57. The maximum absolute atomic E-state index is 8.49. The van der Waals surface area contributed by atoms with Crippen LogP contribution < -0.4 is 4.74 Å². The molecule has 0 bridgehead atoms. The van der Waals surface area contributed by atoms with E-state index in [0.717, 1.165) is 51.5 Å². The van der Waals surface area contributed by atoms with Gasteiger partial charge in [0, 0.05) is 32.7 Å². The van der Waals surface area contributed by atoms with E-state index >= 15 is 0 Å². The quantitative estimate of drug-likeness (QED) is 0.282. The van der Waals surface area contributed by atoms with Crippen LogP contribution in [0.3, 0.4) is 0 Å². The van der Waals surface area contributed by atoms with Crippen LogP contribution in [0.2, 0.25) is 10.0 Å². The minimum Gasteiger partial charge on any atom is -0.493 e. The van der Waals surface area contributed by atoms with E-state index in [1.54, 1.807) is 18.2 Å². The number of halogens is 4. The SMILES string of the molecule is Cc1cccc(C)c1OCCCN1CCN(C(=N)c2c(Cl)cccc2Cl)CC1.ClOCl. The molecule has 0 saturated carbocycles. The van der Waals surface area contributed by atoms with Crippen molar-refractivity contribution in [3.05, 3.63) is 63.1 Å². The number of hydrogen-bond acceptors (Lipinski definition) is 4. The summed E-state index contributed by atoms with van der Waals surface area (Å²) in [5, 5.41) is 9.56. The molecule has 0 unspecified atom stereocenters. The molecule has 0 atom stereocenters. The number of nitrogens with one attached hydrogen (secondary N) is 1. The number of benzene rings is 2. The largest absolute Gasteiger partial charge is 0.493 e. The number of piperazine rings is 1. The number of aryl methyl sites for hydroxylation is 2. The second-order valence-electron chi connectivity index (χ2n) is 7.26. The Labute approximate surface area is 204 Å². The fraction of sp³-hybridized carbons (Fsp3) is 0.409. The van der Waals surface area contributed by atoms with Gasteiger partial charge in [0.05, 0.1) is 45.9 Å². The molecule has 1 heterocycles. The smallest absolute Gasteiger partial charge is 0.131 e. The third-order valence-corrected chi connectivity index (χ3v) is 5.79. The van der Waals surface area contributed by atoms with Crippen LogP contribution in [0.4, 0.5) is 0 Å². The topological polar surface area (TPSA) is 48.8 Å². The minimum atomic E-state index is 0.411. The van der Waals surface area contributed by atoms with Gasteiger partial charge < -0.3 is 9.64 Å². The highest BCUT2D eigenvalue weighted by atomic mass is 35.6. The van der Waals surface area contributed by atoms with Gasteiger partial charge in [-0.1, -0.05) is 47.5 Å². The molecule has 5 nitrogen and oxygen atoms in total. The van der Waals surface area contributed by atoms with E-state index in [0.29, 0.717) is 21.4 Å². The molecule has 1 aliphatic rings. The molecule has 1 N–H and O–H groups in total. The maximum Gasteiger partial charge on any atom is 0.131 e. The second-order valence-corrected chi connectivity index (χ2v) is 8.54. The maximum atomic E-state index is 8.49. The molecule has 0 radical (unpaired) electrons. The van der Waals surface area contributed by atoms with E-state index in [-0.39, 0.29) is 0 Å². The standard InChI is InChI=1S/C22H27Cl2N3O.Cl2O/c1-16-6-3-7-17(2)21(16)28-15-5-10-26-11-13-27(14-12-26)22(25)20-18(23)8-4-9-19(20)24;1-3-2/h3-4,6-9,25H,5,10-15H2,1-2H3;. The van der Waals surface area contributed by atoms with Gasteiger partial charge in [0.15, 0.2) is 0 Å². The zero-order valence-electron chi connectivity index (χ0n) is 17.6. The Morgan fingerprint density at radius 1 is 0.935 bits per heavy atom. The number of para-hydroxylation sites is 1. The second kappa shape index (κ2) is 13.4. The van der Waals surface area contributed by atoms with E-state index in [2.05, 4.69) is 69.4 Å². The third kappa shape index (κ3) is 7.70. The van der Waals surface area contributed by atoms with Gasteiger partial charge >= 0.3 is 0 Å². The highest BCUT2D eigenvalue weighted by Gasteiger charge is 2.22. The summed E-state index contributed by atoms with van der Waals surface area (Å²) < 4.78 is 9.20. The molecular formula is C22H27Cl4N3O2. The fourth-order valence-corrected chi connectivity index (χ4v) is 4.14. The van der Waals surface area contributed by atoms with Crippen molar-refractivity contribution in [1.29, 1.82) is 5.41 Å². The Morgan fingerprint density at radius 2 is 1.45 bits per heavy atom. The first-order chi connectivity index (χ1) is 14.9. The summed E-state index contributed by atoms with van der Waals surface area (Å²) in [5.41, 5.74) is 3.00. The zero-order valence-corrected chi connectivity index (χ0v) is 20.7. The zero-order chi connectivity index (χ0) is 22.8. The van der Waals surface area contributed by atoms with Crippen LogP contribution in [0.5, 0.6) is 5.75 Å². The van der Waals surface area contributed by atoms with E-state index in [1.165, 1.54) is 11.1 Å². The highest BCUT2D eigenvalue weighted by Crippen LogP contribution is 2.26. The average molecular weight is 507 g/mol. The van der Waals surface area contributed by atoms with Gasteiger partial charge in [0.25, 0.3) is 0 Å². The summed E-state index contributed by atoms with van der Waals surface area (Å²) in [6.45, 7) is 9.34. The number of rotatable bonds is 6. The third-order valence-electron chi connectivity index (χ3n) is 5.16. The van der Waals surface area contributed by atoms with Crippen LogP contribution in [0.15, 0.2) is 36.4 Å². The molecule has 3 rings (SSSR count). The molecule has 9 heteroatoms.